The van der Waals surface area contributed by atoms with Crippen molar-refractivity contribution in [2.75, 3.05) is 19.5 Å². The molecule has 0 N–H and O–H groups in total. The third kappa shape index (κ3) is 7.68. The van der Waals surface area contributed by atoms with E-state index in [1.165, 1.54) is 29.0 Å². The fourth-order valence-electron chi connectivity index (χ4n) is 4.70. The minimum absolute atomic E-state index is 0.0205. The van der Waals surface area contributed by atoms with Crippen LogP contribution >= 0.6 is 22.9 Å². The van der Waals surface area contributed by atoms with E-state index >= 15 is 4.39 Å². The van der Waals surface area contributed by atoms with Crippen molar-refractivity contribution in [2.45, 2.75) is 25.8 Å². The fourth-order valence-corrected chi connectivity index (χ4v) is 6.06. The maximum Gasteiger partial charge on any atom is 0.166 e. The molecular formula is C34H30ClFN2O3S. The number of pyridine rings is 1. The molecule has 0 atom stereocenters. The lowest BCUT2D eigenvalue weighted by atomic mass is 10.0. The Morgan fingerprint density at radius 3 is 2.31 bits per heavy atom. The predicted octanol–water partition coefficient (Wildman–Crippen LogP) is 7.88. The number of rotatable bonds is 13. The quantitative estimate of drug-likeness (QED) is 0.102. The minimum atomic E-state index is -0.577. The van der Waals surface area contributed by atoms with Gasteiger partial charge >= 0.3 is 0 Å². The molecule has 0 radical (unpaired) electrons. The number of alkyl halides is 1. The first-order valence-electron chi connectivity index (χ1n) is 13.6. The minimum Gasteiger partial charge on any atom is -0.453 e. The zero-order valence-electron chi connectivity index (χ0n) is 23.2. The number of thiophene rings is 1. The molecule has 0 fully saturated rings. The van der Waals surface area contributed by atoms with E-state index in [0.717, 1.165) is 39.3 Å². The molecule has 8 heteroatoms. The van der Waals surface area contributed by atoms with Gasteiger partial charge in [-0.15, -0.1) is 22.9 Å². The van der Waals surface area contributed by atoms with Crippen molar-refractivity contribution >= 4 is 44.7 Å². The SMILES string of the molecule is CN(CCCl)Cc1ccc(-c2cc3nccc(Oc4ccc(CC(=O)CC(=O)Cc5ccccc5)cc4F)c3s2)cc1. The van der Waals surface area contributed by atoms with Gasteiger partial charge in [-0.1, -0.05) is 60.7 Å². The van der Waals surface area contributed by atoms with E-state index in [1.807, 2.05) is 43.4 Å². The number of carbonyl (C=O) groups is 2. The molecule has 5 rings (SSSR count). The van der Waals surface area contributed by atoms with Gasteiger partial charge in [0.25, 0.3) is 0 Å². The third-order valence-corrected chi connectivity index (χ3v) is 8.15. The van der Waals surface area contributed by atoms with Crippen molar-refractivity contribution in [1.29, 1.82) is 0 Å². The Kier molecular flexibility index (Phi) is 9.74. The number of nitrogens with zero attached hydrogens (tertiary/aromatic N) is 2. The molecule has 214 valence electrons. The standard InChI is InChI=1S/C34H30ClFN2O3S/c1-38(16-14-35)22-24-7-10-26(11-8-24)33-21-30-34(42-33)32(13-15-37-30)41-31-12-9-25(19-29(31)36)18-28(40)20-27(39)17-23-5-3-2-4-6-23/h2-13,15,19,21H,14,16-18,20,22H2,1H3. The summed E-state index contributed by atoms with van der Waals surface area (Å²) in [6, 6.07) is 25.9. The first kappa shape index (κ1) is 29.6. The average Bonchev–Trinajstić information content (AvgIpc) is 3.41. The number of ketones is 2. The molecule has 0 amide bonds. The highest BCUT2D eigenvalue weighted by Gasteiger charge is 2.16. The summed E-state index contributed by atoms with van der Waals surface area (Å²) < 4.78 is 21.9. The Morgan fingerprint density at radius 2 is 1.60 bits per heavy atom. The Bertz CT molecular complexity index is 1690. The van der Waals surface area contributed by atoms with Gasteiger partial charge in [-0.25, -0.2) is 4.39 Å². The average molecular weight is 601 g/mol. The van der Waals surface area contributed by atoms with Crippen LogP contribution in [-0.4, -0.2) is 40.9 Å². The van der Waals surface area contributed by atoms with Crippen LogP contribution in [0.1, 0.15) is 23.1 Å². The number of hydrogen-bond acceptors (Lipinski definition) is 6. The normalized spacial score (nSPS) is 11.2. The number of benzene rings is 3. The van der Waals surface area contributed by atoms with Crippen LogP contribution in [0.4, 0.5) is 4.39 Å². The van der Waals surface area contributed by atoms with E-state index in [2.05, 4.69) is 34.1 Å². The smallest absolute Gasteiger partial charge is 0.166 e. The summed E-state index contributed by atoms with van der Waals surface area (Å²) in [5, 5.41) is 0. The van der Waals surface area contributed by atoms with Gasteiger partial charge in [0.1, 0.15) is 17.3 Å². The molecule has 2 aromatic heterocycles. The Morgan fingerprint density at radius 1 is 0.881 bits per heavy atom. The number of carbonyl (C=O) groups excluding carboxylic acids is 2. The number of Topliss-reactive ketones (excluding diaryl/α,β-unsaturated/α-hetero) is 2. The summed E-state index contributed by atoms with van der Waals surface area (Å²) in [6.07, 6.45) is 1.64. The van der Waals surface area contributed by atoms with Crippen molar-refractivity contribution < 1.29 is 18.7 Å². The van der Waals surface area contributed by atoms with Crippen LogP contribution < -0.4 is 4.74 Å². The second-order valence-electron chi connectivity index (χ2n) is 10.2. The topological polar surface area (TPSA) is 59.5 Å². The van der Waals surface area contributed by atoms with Gasteiger partial charge in [-0.2, -0.15) is 0 Å². The van der Waals surface area contributed by atoms with Crippen LogP contribution in [0.5, 0.6) is 11.5 Å². The van der Waals surface area contributed by atoms with Crippen molar-refractivity contribution in [3.05, 3.63) is 114 Å². The second kappa shape index (κ2) is 13.8. The monoisotopic (exact) mass is 600 g/mol. The summed E-state index contributed by atoms with van der Waals surface area (Å²) >= 11 is 7.37. The van der Waals surface area contributed by atoms with Gasteiger partial charge in [0.2, 0.25) is 0 Å². The van der Waals surface area contributed by atoms with Gasteiger partial charge in [-0.05, 0) is 47.5 Å². The molecule has 0 unspecified atom stereocenters. The summed E-state index contributed by atoms with van der Waals surface area (Å²) in [6.45, 7) is 1.65. The Balaban J connectivity index is 1.24. The molecule has 3 aromatic carbocycles. The highest BCUT2D eigenvalue weighted by molar-refractivity contribution is 7.22. The zero-order chi connectivity index (χ0) is 29.5. The van der Waals surface area contributed by atoms with Gasteiger partial charge in [0.05, 0.1) is 16.6 Å². The third-order valence-electron chi connectivity index (χ3n) is 6.79. The van der Waals surface area contributed by atoms with Gasteiger partial charge in [0, 0.05) is 49.0 Å². The van der Waals surface area contributed by atoms with Crippen molar-refractivity contribution in [3.8, 4) is 21.9 Å². The first-order valence-corrected chi connectivity index (χ1v) is 15.0. The molecule has 0 saturated carbocycles. The van der Waals surface area contributed by atoms with Gasteiger partial charge in [-0.3, -0.25) is 14.6 Å². The van der Waals surface area contributed by atoms with Gasteiger partial charge < -0.3 is 9.64 Å². The summed E-state index contributed by atoms with van der Waals surface area (Å²) in [4.78, 5) is 32.4. The maximum absolute atomic E-state index is 15.1. The van der Waals surface area contributed by atoms with Gasteiger partial charge in [0.15, 0.2) is 11.6 Å². The molecule has 5 aromatic rings. The van der Waals surface area contributed by atoms with E-state index in [-0.39, 0.29) is 36.6 Å². The number of hydrogen-bond donors (Lipinski definition) is 0. The highest BCUT2D eigenvalue weighted by atomic mass is 35.5. The summed E-state index contributed by atoms with van der Waals surface area (Å²) in [7, 11) is 2.04. The number of halogens is 2. The van der Waals surface area contributed by atoms with Crippen LogP contribution in [0.15, 0.2) is 91.1 Å². The van der Waals surface area contributed by atoms with Crippen molar-refractivity contribution in [1.82, 2.24) is 9.88 Å². The predicted molar refractivity (Wildman–Crippen MR) is 167 cm³/mol. The van der Waals surface area contributed by atoms with E-state index in [4.69, 9.17) is 16.3 Å². The number of ether oxygens (including phenoxy) is 1. The molecule has 42 heavy (non-hydrogen) atoms. The van der Waals surface area contributed by atoms with E-state index < -0.39 is 5.82 Å². The summed E-state index contributed by atoms with van der Waals surface area (Å²) in [5.74, 6) is 0.173. The Hall–Kier alpha value is -3.91. The molecule has 0 aliphatic rings. The lowest BCUT2D eigenvalue weighted by molar-refractivity contribution is -0.126. The van der Waals surface area contributed by atoms with Crippen LogP contribution in [0.25, 0.3) is 20.7 Å². The van der Waals surface area contributed by atoms with Crippen LogP contribution in [0.3, 0.4) is 0 Å². The van der Waals surface area contributed by atoms with Crippen molar-refractivity contribution in [3.63, 3.8) is 0 Å². The van der Waals surface area contributed by atoms with E-state index in [9.17, 15) is 9.59 Å². The number of fused-ring (bicyclic) bond motifs is 1. The molecular weight excluding hydrogens is 571 g/mol. The zero-order valence-corrected chi connectivity index (χ0v) is 24.8. The molecule has 5 nitrogen and oxygen atoms in total. The van der Waals surface area contributed by atoms with Crippen LogP contribution in [0, 0.1) is 5.82 Å². The maximum atomic E-state index is 15.1. The van der Waals surface area contributed by atoms with Crippen molar-refractivity contribution in [2.24, 2.45) is 0 Å². The number of aromatic nitrogens is 1. The first-order chi connectivity index (χ1) is 20.4. The lowest BCUT2D eigenvalue weighted by Crippen LogP contribution is -2.19. The second-order valence-corrected chi connectivity index (χ2v) is 11.6. The molecule has 2 heterocycles. The van der Waals surface area contributed by atoms with E-state index in [0.29, 0.717) is 17.2 Å². The van der Waals surface area contributed by atoms with E-state index in [1.54, 1.807) is 18.3 Å². The fraction of sp³-hybridized carbons (Fsp3) is 0.206. The summed E-state index contributed by atoms with van der Waals surface area (Å²) in [5.41, 5.74) is 4.39. The molecule has 0 aliphatic carbocycles. The molecule has 0 aliphatic heterocycles. The largest absolute Gasteiger partial charge is 0.453 e. The Labute approximate surface area is 253 Å². The lowest BCUT2D eigenvalue weighted by Gasteiger charge is -2.14. The highest BCUT2D eigenvalue weighted by Crippen LogP contribution is 2.39. The molecule has 0 saturated heterocycles. The van der Waals surface area contributed by atoms with Crippen LogP contribution in [-0.2, 0) is 29.0 Å². The van der Waals surface area contributed by atoms with Crippen LogP contribution in [0.2, 0.25) is 0 Å². The molecule has 0 bridgehead atoms. The molecule has 0 spiro atoms.